The summed E-state index contributed by atoms with van der Waals surface area (Å²) >= 11 is 0. The van der Waals surface area contributed by atoms with E-state index in [9.17, 15) is 9.59 Å². The summed E-state index contributed by atoms with van der Waals surface area (Å²) in [7, 11) is 0. The molecular weight excluding hydrogens is 352 g/mol. The molecular formula is C24H32O4. The van der Waals surface area contributed by atoms with Gasteiger partial charge in [-0.15, -0.1) is 6.42 Å². The van der Waals surface area contributed by atoms with E-state index in [0.717, 1.165) is 44.9 Å². The van der Waals surface area contributed by atoms with Crippen LogP contribution in [0.2, 0.25) is 0 Å². The van der Waals surface area contributed by atoms with E-state index in [4.69, 9.17) is 15.9 Å². The summed E-state index contributed by atoms with van der Waals surface area (Å²) in [6.45, 7) is 5.23. The Morgan fingerprint density at radius 1 is 1.07 bits per heavy atom. The first-order valence-electron chi connectivity index (χ1n) is 10.8. The fourth-order valence-electron chi connectivity index (χ4n) is 7.28. The highest BCUT2D eigenvalue weighted by atomic mass is 16.6. The molecule has 3 saturated carbocycles. The maximum absolute atomic E-state index is 11.8. The van der Waals surface area contributed by atoms with Crippen molar-refractivity contribution in [2.45, 2.75) is 83.8 Å². The van der Waals surface area contributed by atoms with Crippen LogP contribution in [-0.4, -0.2) is 23.6 Å². The first-order chi connectivity index (χ1) is 13.3. The number of terminal acetylenes is 1. The van der Waals surface area contributed by atoms with Gasteiger partial charge in [-0.1, -0.05) is 18.4 Å². The highest BCUT2D eigenvalue weighted by molar-refractivity contribution is 5.67. The highest BCUT2D eigenvalue weighted by Gasteiger charge is 2.64. The van der Waals surface area contributed by atoms with Crippen molar-refractivity contribution in [2.24, 2.45) is 29.1 Å². The lowest BCUT2D eigenvalue weighted by atomic mass is 9.50. The Morgan fingerprint density at radius 2 is 1.86 bits per heavy atom. The summed E-state index contributed by atoms with van der Waals surface area (Å²) in [5.74, 6) is 4.94. The first-order valence-corrected chi connectivity index (χ1v) is 10.8. The number of rotatable bonds is 2. The van der Waals surface area contributed by atoms with Gasteiger partial charge in [-0.25, -0.2) is 0 Å². The molecule has 7 atom stereocenters. The van der Waals surface area contributed by atoms with Crippen molar-refractivity contribution in [3.8, 4) is 12.3 Å². The van der Waals surface area contributed by atoms with Crippen molar-refractivity contribution in [3.63, 3.8) is 0 Å². The van der Waals surface area contributed by atoms with Gasteiger partial charge >= 0.3 is 11.9 Å². The molecule has 0 radical (unpaired) electrons. The molecule has 0 aromatic rings. The Bertz CT molecular complexity index is 746. The number of esters is 2. The predicted octanol–water partition coefficient (Wildman–Crippen LogP) is 4.43. The molecule has 28 heavy (non-hydrogen) atoms. The van der Waals surface area contributed by atoms with Crippen LogP contribution < -0.4 is 0 Å². The van der Waals surface area contributed by atoms with Gasteiger partial charge in [-0.2, -0.15) is 0 Å². The normalized spacial score (nSPS) is 44.2. The van der Waals surface area contributed by atoms with Gasteiger partial charge in [-0.3, -0.25) is 9.59 Å². The molecule has 0 saturated heterocycles. The first kappa shape index (κ1) is 19.6. The molecule has 0 unspecified atom stereocenters. The van der Waals surface area contributed by atoms with E-state index in [0.29, 0.717) is 23.7 Å². The molecule has 0 spiro atoms. The maximum atomic E-state index is 11.8. The quantitative estimate of drug-likeness (QED) is 0.402. The van der Waals surface area contributed by atoms with Gasteiger partial charge in [0, 0.05) is 19.3 Å². The molecule has 4 aliphatic rings. The lowest BCUT2D eigenvalue weighted by Crippen LogP contribution is -2.53. The summed E-state index contributed by atoms with van der Waals surface area (Å²) in [4.78, 5) is 23.1. The van der Waals surface area contributed by atoms with Gasteiger partial charge in [0.05, 0.1) is 0 Å². The van der Waals surface area contributed by atoms with Crippen molar-refractivity contribution < 1.29 is 19.1 Å². The summed E-state index contributed by atoms with van der Waals surface area (Å²) < 4.78 is 11.3. The van der Waals surface area contributed by atoms with Crippen LogP contribution in [0.3, 0.4) is 0 Å². The van der Waals surface area contributed by atoms with Gasteiger partial charge in [0.2, 0.25) is 0 Å². The number of allylic oxidation sites excluding steroid dienone is 1. The van der Waals surface area contributed by atoms with Crippen LogP contribution >= 0.6 is 0 Å². The van der Waals surface area contributed by atoms with Crippen molar-refractivity contribution in [1.82, 2.24) is 0 Å². The fraction of sp³-hybridized carbons (Fsp3) is 0.750. The minimum Gasteiger partial charge on any atom is -0.458 e. The third kappa shape index (κ3) is 2.90. The zero-order valence-corrected chi connectivity index (χ0v) is 17.3. The van der Waals surface area contributed by atoms with Gasteiger partial charge < -0.3 is 9.47 Å². The van der Waals surface area contributed by atoms with Gasteiger partial charge in [-0.05, 0) is 81.1 Å². The summed E-state index contributed by atoms with van der Waals surface area (Å²) in [5.41, 5.74) is 0.644. The van der Waals surface area contributed by atoms with E-state index in [2.05, 4.69) is 18.9 Å². The van der Waals surface area contributed by atoms with Crippen molar-refractivity contribution in [2.75, 3.05) is 0 Å². The molecule has 4 nitrogen and oxygen atoms in total. The molecule has 4 heteroatoms. The lowest BCUT2D eigenvalue weighted by Gasteiger charge is -2.55. The van der Waals surface area contributed by atoms with Gasteiger partial charge in [0.15, 0.2) is 5.60 Å². The van der Waals surface area contributed by atoms with E-state index in [1.807, 2.05) is 0 Å². The largest absolute Gasteiger partial charge is 0.458 e. The molecule has 0 bridgehead atoms. The van der Waals surface area contributed by atoms with E-state index in [1.165, 1.54) is 25.8 Å². The maximum Gasteiger partial charge on any atom is 0.304 e. The minimum atomic E-state index is -0.739. The molecule has 3 fully saturated rings. The summed E-state index contributed by atoms with van der Waals surface area (Å²) in [6, 6.07) is 0. The SMILES string of the molecule is C#C[C@]1(OC(C)=O)CC[C@H]2[C@@H]3CCC4=C[C@H](OC(C)=O)CC[C@@H]4[C@H]3CC[C@@]21C. The van der Waals surface area contributed by atoms with Crippen LogP contribution in [0.25, 0.3) is 0 Å². The third-order valence-corrected chi connectivity index (χ3v) is 8.40. The second-order valence-electron chi connectivity index (χ2n) is 9.61. The monoisotopic (exact) mass is 384 g/mol. The van der Waals surface area contributed by atoms with Crippen molar-refractivity contribution in [1.29, 1.82) is 0 Å². The Morgan fingerprint density at radius 3 is 2.54 bits per heavy atom. The number of carbonyl (C=O) groups is 2. The highest BCUT2D eigenvalue weighted by Crippen LogP contribution is 2.65. The summed E-state index contributed by atoms with van der Waals surface area (Å²) in [6.07, 6.45) is 16.5. The molecule has 0 heterocycles. The smallest absolute Gasteiger partial charge is 0.304 e. The van der Waals surface area contributed by atoms with Crippen LogP contribution in [-0.2, 0) is 19.1 Å². The Labute approximate surface area is 168 Å². The average Bonchev–Trinajstić information content (AvgIpc) is 2.93. The van der Waals surface area contributed by atoms with Crippen molar-refractivity contribution >= 4 is 11.9 Å². The van der Waals surface area contributed by atoms with Crippen LogP contribution in [0, 0.1) is 41.4 Å². The van der Waals surface area contributed by atoms with Crippen molar-refractivity contribution in [3.05, 3.63) is 11.6 Å². The fourth-order valence-corrected chi connectivity index (χ4v) is 7.28. The van der Waals surface area contributed by atoms with Crippen LogP contribution in [0.4, 0.5) is 0 Å². The molecule has 0 amide bonds. The molecule has 4 rings (SSSR count). The second-order valence-corrected chi connectivity index (χ2v) is 9.61. The summed E-state index contributed by atoms with van der Waals surface area (Å²) in [5, 5.41) is 0. The molecule has 152 valence electrons. The molecule has 0 N–H and O–H groups in total. The second kappa shape index (κ2) is 6.94. The number of ether oxygens (including phenoxy) is 2. The van der Waals surface area contributed by atoms with E-state index in [-0.39, 0.29) is 23.5 Å². The van der Waals surface area contributed by atoms with Crippen LogP contribution in [0.15, 0.2) is 11.6 Å². The zero-order valence-electron chi connectivity index (χ0n) is 17.3. The molecule has 0 aromatic carbocycles. The van der Waals surface area contributed by atoms with Gasteiger partial charge in [0.1, 0.15) is 6.10 Å². The van der Waals surface area contributed by atoms with E-state index < -0.39 is 5.60 Å². The molecule has 0 aromatic heterocycles. The van der Waals surface area contributed by atoms with Crippen LogP contribution in [0.5, 0.6) is 0 Å². The average molecular weight is 385 g/mol. The topological polar surface area (TPSA) is 52.6 Å². The Hall–Kier alpha value is -1.76. The van der Waals surface area contributed by atoms with Gasteiger partial charge in [0.25, 0.3) is 0 Å². The molecule has 0 aliphatic heterocycles. The molecule has 4 aliphatic carbocycles. The zero-order chi connectivity index (χ0) is 20.1. The van der Waals surface area contributed by atoms with Crippen LogP contribution in [0.1, 0.15) is 72.1 Å². The predicted molar refractivity (Wildman–Crippen MR) is 106 cm³/mol. The van der Waals surface area contributed by atoms with E-state index >= 15 is 0 Å². The number of hydrogen-bond acceptors (Lipinski definition) is 4. The number of carbonyl (C=O) groups excluding carboxylic acids is 2. The van der Waals surface area contributed by atoms with E-state index in [1.54, 1.807) is 0 Å². The lowest BCUT2D eigenvalue weighted by molar-refractivity contribution is -0.167. The standard InChI is InChI=1S/C24H32O4/c1-5-24(28-16(3)26)13-11-22-21-8-6-17-14-18(27-15(2)25)7-9-19(17)20(21)10-12-23(22,24)4/h1,14,18-22H,6-13H2,2-4H3/t18-,19+,20-,21-,22+,23+,24+/m1/s1. The Balaban J connectivity index is 1.57. The minimum absolute atomic E-state index is 0.0429. The number of fused-ring (bicyclic) bond motifs is 5. The number of hydrogen-bond donors (Lipinski definition) is 0. The third-order valence-electron chi connectivity index (χ3n) is 8.40. The Kier molecular flexibility index (Phi) is 4.84.